The van der Waals surface area contributed by atoms with Gasteiger partial charge in [-0.2, -0.15) is 0 Å². The van der Waals surface area contributed by atoms with Crippen LogP contribution in [0, 0.1) is 0 Å². The molecule has 4 fully saturated rings. The summed E-state index contributed by atoms with van der Waals surface area (Å²) in [6, 6.07) is -2.82. The van der Waals surface area contributed by atoms with Gasteiger partial charge in [-0.3, -0.25) is 19.2 Å². The highest BCUT2D eigenvalue weighted by Crippen LogP contribution is 2.26. The monoisotopic (exact) mass is 476 g/mol. The summed E-state index contributed by atoms with van der Waals surface area (Å²) >= 11 is 0. The Morgan fingerprint density at radius 1 is 0.706 bits per heavy atom. The van der Waals surface area contributed by atoms with Gasteiger partial charge >= 0.3 is 5.97 Å². The van der Waals surface area contributed by atoms with E-state index in [9.17, 15) is 24.0 Å². The van der Waals surface area contributed by atoms with Gasteiger partial charge in [0.1, 0.15) is 30.3 Å². The number of carbonyl (C=O) groups excluding carboxylic acids is 5. The summed E-state index contributed by atoms with van der Waals surface area (Å²) in [7, 11) is 0. The van der Waals surface area contributed by atoms with Crippen molar-refractivity contribution >= 4 is 29.6 Å². The Bertz CT molecular complexity index is 847. The topological polar surface area (TPSA) is 116 Å². The fraction of sp³-hybridized carbons (Fsp3) is 0.792. The molecule has 4 rings (SSSR count). The summed E-state index contributed by atoms with van der Waals surface area (Å²) < 4.78 is 5.55. The van der Waals surface area contributed by atoms with Crippen LogP contribution in [-0.2, 0) is 28.7 Å². The lowest BCUT2D eigenvalue weighted by molar-refractivity contribution is -0.160. The second-order valence-electron chi connectivity index (χ2n) is 10.0. The van der Waals surface area contributed by atoms with Gasteiger partial charge in [-0.1, -0.05) is 12.8 Å². The predicted molar refractivity (Wildman–Crippen MR) is 121 cm³/mol. The molecule has 0 aromatic carbocycles. The number of cyclic esters (lactones) is 1. The Morgan fingerprint density at radius 2 is 1.32 bits per heavy atom. The Balaban J connectivity index is 1.65. The summed E-state index contributed by atoms with van der Waals surface area (Å²) in [5.41, 5.74) is 0. The first-order valence-corrected chi connectivity index (χ1v) is 12.7. The van der Waals surface area contributed by atoms with Gasteiger partial charge in [0.05, 0.1) is 6.42 Å². The molecule has 5 atom stereocenters. The molecule has 34 heavy (non-hydrogen) atoms. The molecule has 10 nitrogen and oxygen atoms in total. The lowest BCUT2D eigenvalue weighted by atomic mass is 10.1. The van der Waals surface area contributed by atoms with E-state index in [-0.39, 0.29) is 30.0 Å². The second-order valence-corrected chi connectivity index (χ2v) is 10.0. The number of hydrogen-bond acceptors (Lipinski definition) is 6. The smallest absolute Gasteiger partial charge is 0.329 e. The van der Waals surface area contributed by atoms with Crippen molar-refractivity contribution in [2.24, 2.45) is 0 Å². The van der Waals surface area contributed by atoms with Crippen LogP contribution in [-0.4, -0.2) is 94.2 Å². The minimum absolute atomic E-state index is 0.0174. The molecule has 0 aromatic heterocycles. The molecular formula is C24H36N4O6. The SMILES string of the molecule is CC1NC(=O)C2CCCCCN2C(=O)C2CCCN2C(=O)C[C@H](C)OC(=O)C2CCCN2C1=O. The predicted octanol–water partition coefficient (Wildman–Crippen LogP) is 0.580. The van der Waals surface area contributed by atoms with Gasteiger partial charge in [-0.25, -0.2) is 4.79 Å². The highest BCUT2D eigenvalue weighted by Gasteiger charge is 2.43. The van der Waals surface area contributed by atoms with Gasteiger partial charge in [0.2, 0.25) is 23.6 Å². The maximum absolute atomic E-state index is 13.6. The van der Waals surface area contributed by atoms with E-state index in [1.807, 2.05) is 0 Å². The molecule has 0 aliphatic carbocycles. The molecule has 4 aliphatic heterocycles. The molecule has 0 spiro atoms. The summed E-state index contributed by atoms with van der Waals surface area (Å²) in [5.74, 6) is -1.65. The lowest BCUT2D eigenvalue weighted by Gasteiger charge is -2.35. The van der Waals surface area contributed by atoms with Crippen LogP contribution in [0.25, 0.3) is 0 Å². The summed E-state index contributed by atoms with van der Waals surface area (Å²) in [6.45, 7) is 4.63. The number of hydrogen-bond donors (Lipinski definition) is 1. The summed E-state index contributed by atoms with van der Waals surface area (Å²) in [4.78, 5) is 70.7. The van der Waals surface area contributed by atoms with Crippen molar-refractivity contribution in [3.8, 4) is 0 Å². The van der Waals surface area contributed by atoms with E-state index in [4.69, 9.17) is 4.74 Å². The maximum Gasteiger partial charge on any atom is 0.329 e. The number of esters is 1. The standard InChI is InChI=1S/C24H36N4O6/c1-15-14-20(29)26-12-6-9-18(26)23(32)27-11-5-3-4-8-17(27)21(30)25-16(2)22(31)28-13-7-10-19(28)24(33)34-15/h15-19H,3-14H2,1-2H3,(H,25,30)/t15-,16?,17?,18?,19?/m0/s1. The third-order valence-electron chi connectivity index (χ3n) is 7.51. The van der Waals surface area contributed by atoms with Crippen LogP contribution in [0.15, 0.2) is 0 Å². The number of fused-ring (bicyclic) bond motifs is 3. The number of ether oxygens (including phenoxy) is 1. The Morgan fingerprint density at radius 3 is 2.09 bits per heavy atom. The highest BCUT2D eigenvalue weighted by molar-refractivity contribution is 5.95. The molecule has 0 bridgehead atoms. The molecule has 188 valence electrons. The Labute approximate surface area is 200 Å². The summed E-state index contributed by atoms with van der Waals surface area (Å²) in [6.07, 6.45) is 4.80. The first kappa shape index (κ1) is 24.5. The first-order chi connectivity index (χ1) is 16.3. The van der Waals surface area contributed by atoms with Crippen molar-refractivity contribution in [2.75, 3.05) is 19.6 Å². The average Bonchev–Trinajstić information content (AvgIpc) is 3.42. The van der Waals surface area contributed by atoms with E-state index < -0.39 is 36.2 Å². The fourth-order valence-electron chi connectivity index (χ4n) is 5.74. The Hall–Kier alpha value is -2.65. The van der Waals surface area contributed by atoms with E-state index in [1.54, 1.807) is 23.6 Å². The molecule has 1 N–H and O–H groups in total. The zero-order chi connectivity index (χ0) is 24.4. The van der Waals surface area contributed by atoms with Crippen molar-refractivity contribution in [3.05, 3.63) is 0 Å². The van der Waals surface area contributed by atoms with Crippen molar-refractivity contribution in [3.63, 3.8) is 0 Å². The number of nitrogens with one attached hydrogen (secondary N) is 1. The van der Waals surface area contributed by atoms with Gasteiger partial charge in [-0.05, 0) is 52.4 Å². The number of amides is 4. The van der Waals surface area contributed by atoms with Crippen LogP contribution >= 0.6 is 0 Å². The third-order valence-corrected chi connectivity index (χ3v) is 7.51. The lowest BCUT2D eigenvalue weighted by Crippen LogP contribution is -2.58. The molecular weight excluding hydrogens is 440 g/mol. The molecule has 4 heterocycles. The van der Waals surface area contributed by atoms with E-state index in [1.165, 1.54) is 4.90 Å². The van der Waals surface area contributed by atoms with Crippen LogP contribution in [0.2, 0.25) is 0 Å². The molecule has 4 saturated heterocycles. The molecule has 0 saturated carbocycles. The van der Waals surface area contributed by atoms with Gasteiger partial charge in [-0.15, -0.1) is 0 Å². The second kappa shape index (κ2) is 10.3. The van der Waals surface area contributed by atoms with E-state index in [0.717, 1.165) is 19.3 Å². The highest BCUT2D eigenvalue weighted by atomic mass is 16.5. The zero-order valence-electron chi connectivity index (χ0n) is 20.2. The zero-order valence-corrected chi connectivity index (χ0v) is 20.2. The normalized spacial score (nSPS) is 34.2. The van der Waals surface area contributed by atoms with E-state index in [0.29, 0.717) is 51.7 Å². The first-order valence-electron chi connectivity index (χ1n) is 12.7. The third kappa shape index (κ3) is 4.90. The van der Waals surface area contributed by atoms with Crippen molar-refractivity contribution < 1.29 is 28.7 Å². The fourth-order valence-corrected chi connectivity index (χ4v) is 5.74. The van der Waals surface area contributed by atoms with Gasteiger partial charge in [0.25, 0.3) is 0 Å². The maximum atomic E-state index is 13.6. The van der Waals surface area contributed by atoms with Crippen LogP contribution in [0.4, 0.5) is 0 Å². The van der Waals surface area contributed by atoms with Gasteiger partial charge in [0, 0.05) is 19.6 Å². The van der Waals surface area contributed by atoms with Gasteiger partial charge in [0.15, 0.2) is 0 Å². The Kier molecular flexibility index (Phi) is 7.42. The van der Waals surface area contributed by atoms with Crippen molar-refractivity contribution in [1.29, 1.82) is 0 Å². The quantitative estimate of drug-likeness (QED) is 0.511. The van der Waals surface area contributed by atoms with Gasteiger partial charge < -0.3 is 24.8 Å². The molecule has 4 aliphatic rings. The van der Waals surface area contributed by atoms with E-state index in [2.05, 4.69) is 5.32 Å². The van der Waals surface area contributed by atoms with Crippen molar-refractivity contribution in [1.82, 2.24) is 20.0 Å². The van der Waals surface area contributed by atoms with Crippen LogP contribution < -0.4 is 5.32 Å². The average molecular weight is 477 g/mol. The molecule has 0 aromatic rings. The van der Waals surface area contributed by atoms with Crippen LogP contribution in [0.5, 0.6) is 0 Å². The molecule has 4 amide bonds. The van der Waals surface area contributed by atoms with Crippen molar-refractivity contribution in [2.45, 2.75) is 102 Å². The minimum atomic E-state index is -0.823. The van der Waals surface area contributed by atoms with Crippen LogP contribution in [0.1, 0.15) is 71.6 Å². The molecule has 10 heteroatoms. The minimum Gasteiger partial charge on any atom is -0.461 e. The number of rotatable bonds is 0. The number of nitrogens with zero attached hydrogens (tertiary/aromatic N) is 3. The largest absolute Gasteiger partial charge is 0.461 e. The van der Waals surface area contributed by atoms with E-state index >= 15 is 0 Å². The summed E-state index contributed by atoms with van der Waals surface area (Å²) in [5, 5.41) is 2.81. The van der Waals surface area contributed by atoms with Crippen LogP contribution in [0.3, 0.4) is 0 Å². The molecule has 4 unspecified atom stereocenters. The molecule has 0 radical (unpaired) electrons. The number of carbonyl (C=O) groups is 5.